The second kappa shape index (κ2) is 6.66. The Bertz CT molecular complexity index is 565. The van der Waals surface area contributed by atoms with Crippen molar-refractivity contribution in [1.82, 2.24) is 4.90 Å². The molecule has 0 saturated heterocycles. The summed E-state index contributed by atoms with van der Waals surface area (Å²) in [6.45, 7) is 2.45. The monoisotopic (exact) mass is 289 g/mol. The largest absolute Gasteiger partial charge is 0.469 e. The molecular weight excluding hydrogens is 270 g/mol. The summed E-state index contributed by atoms with van der Waals surface area (Å²) in [5.41, 5.74) is 2.15. The summed E-state index contributed by atoms with van der Waals surface area (Å²) in [5.74, 6) is 0.876. The Kier molecular flexibility index (Phi) is 4.90. The molecule has 0 N–H and O–H groups in total. The third-order valence-electron chi connectivity index (χ3n) is 3.31. The lowest BCUT2D eigenvalue weighted by Gasteiger charge is -2.20. The molecule has 3 nitrogen and oxygen atoms in total. The van der Waals surface area contributed by atoms with Crippen LogP contribution in [-0.4, -0.2) is 23.1 Å². The van der Waals surface area contributed by atoms with Gasteiger partial charge in [-0.15, -0.1) is 0 Å². The molecule has 4 heteroatoms. The Hall–Kier alpha value is -1.68. The fourth-order valence-corrected chi connectivity index (χ4v) is 2.50. The lowest BCUT2D eigenvalue weighted by atomic mass is 10.1. The lowest BCUT2D eigenvalue weighted by Crippen LogP contribution is -2.34. The van der Waals surface area contributed by atoms with Crippen LogP contribution in [0.15, 0.2) is 47.1 Å². The number of hydrogen-bond acceptors (Lipinski definition) is 3. The number of carbonyl (C=O) groups excluding carboxylic acids is 1. The van der Waals surface area contributed by atoms with E-state index in [1.165, 1.54) is 0 Å². The van der Waals surface area contributed by atoms with Crippen LogP contribution in [-0.2, 0) is 17.8 Å². The molecule has 0 saturated carbocycles. The zero-order valence-corrected chi connectivity index (χ0v) is 12.6. The minimum absolute atomic E-state index is 0.0257. The van der Waals surface area contributed by atoms with E-state index >= 15 is 0 Å². The van der Waals surface area contributed by atoms with E-state index in [9.17, 15) is 4.79 Å². The molecule has 1 heterocycles. The van der Waals surface area contributed by atoms with Gasteiger partial charge in [-0.05, 0) is 25.0 Å². The number of furan rings is 1. The third kappa shape index (κ3) is 3.67. The number of nitrogens with zero attached hydrogens (tertiary/aromatic N) is 1. The van der Waals surface area contributed by atoms with Gasteiger partial charge in [-0.3, -0.25) is 4.79 Å². The highest BCUT2D eigenvalue weighted by molar-refractivity contribution is 7.81. The molecule has 1 aromatic carbocycles. The van der Waals surface area contributed by atoms with Crippen molar-refractivity contribution >= 4 is 18.5 Å². The Balaban J connectivity index is 1.94. The summed E-state index contributed by atoms with van der Waals surface area (Å²) < 4.78 is 5.24. The number of aryl methyl sites for hydroxylation is 1. The number of amides is 1. The van der Waals surface area contributed by atoms with Gasteiger partial charge in [0.25, 0.3) is 0 Å². The van der Waals surface area contributed by atoms with Crippen molar-refractivity contribution in [3.05, 3.63) is 59.5 Å². The van der Waals surface area contributed by atoms with Crippen LogP contribution >= 0.6 is 12.6 Å². The van der Waals surface area contributed by atoms with Gasteiger partial charge < -0.3 is 9.32 Å². The Morgan fingerprint density at radius 3 is 2.60 bits per heavy atom. The summed E-state index contributed by atoms with van der Waals surface area (Å²) in [6.07, 6.45) is 2.28. The number of thiol groups is 1. The first-order valence-electron chi connectivity index (χ1n) is 6.58. The first-order valence-corrected chi connectivity index (χ1v) is 7.09. The van der Waals surface area contributed by atoms with E-state index in [1.807, 2.05) is 43.3 Å². The van der Waals surface area contributed by atoms with Crippen molar-refractivity contribution in [2.24, 2.45) is 0 Å². The SMILES string of the molecule is Cc1occc1CN(C)C(=O)C(S)Cc1ccccc1. The van der Waals surface area contributed by atoms with Crippen molar-refractivity contribution in [1.29, 1.82) is 0 Å². The molecule has 1 aromatic heterocycles. The van der Waals surface area contributed by atoms with Crippen LogP contribution in [0.3, 0.4) is 0 Å². The maximum Gasteiger partial charge on any atom is 0.235 e. The molecule has 0 spiro atoms. The van der Waals surface area contributed by atoms with Gasteiger partial charge in [-0.25, -0.2) is 0 Å². The molecule has 2 rings (SSSR count). The molecule has 0 aliphatic carbocycles. The maximum absolute atomic E-state index is 12.3. The molecule has 106 valence electrons. The first kappa shape index (κ1) is 14.7. The van der Waals surface area contributed by atoms with Gasteiger partial charge >= 0.3 is 0 Å². The number of benzene rings is 1. The third-order valence-corrected chi connectivity index (χ3v) is 3.71. The topological polar surface area (TPSA) is 33.5 Å². The van der Waals surface area contributed by atoms with Crippen LogP contribution in [0, 0.1) is 6.92 Å². The maximum atomic E-state index is 12.3. The van der Waals surface area contributed by atoms with E-state index < -0.39 is 0 Å². The zero-order valence-electron chi connectivity index (χ0n) is 11.7. The average molecular weight is 289 g/mol. The van der Waals surface area contributed by atoms with E-state index in [2.05, 4.69) is 12.6 Å². The molecule has 0 radical (unpaired) electrons. The van der Waals surface area contributed by atoms with Crippen molar-refractivity contribution in [2.75, 3.05) is 7.05 Å². The Labute approximate surface area is 125 Å². The van der Waals surface area contributed by atoms with Crippen LogP contribution in [0.4, 0.5) is 0 Å². The summed E-state index contributed by atoms with van der Waals surface area (Å²) >= 11 is 4.44. The molecule has 20 heavy (non-hydrogen) atoms. The van der Waals surface area contributed by atoms with Gasteiger partial charge in [0.15, 0.2) is 0 Å². The molecule has 0 fully saturated rings. The lowest BCUT2D eigenvalue weighted by molar-refractivity contribution is -0.129. The van der Waals surface area contributed by atoms with Crippen LogP contribution in [0.5, 0.6) is 0 Å². The van der Waals surface area contributed by atoms with Gasteiger partial charge in [-0.2, -0.15) is 12.6 Å². The highest BCUT2D eigenvalue weighted by atomic mass is 32.1. The minimum atomic E-state index is -0.324. The van der Waals surface area contributed by atoms with Gasteiger partial charge in [0.05, 0.1) is 11.5 Å². The molecular formula is C16H19NO2S. The van der Waals surface area contributed by atoms with Crippen molar-refractivity contribution in [3.8, 4) is 0 Å². The van der Waals surface area contributed by atoms with E-state index in [0.717, 1.165) is 16.9 Å². The van der Waals surface area contributed by atoms with Crippen LogP contribution in [0.1, 0.15) is 16.9 Å². The first-order chi connectivity index (χ1) is 9.58. The van der Waals surface area contributed by atoms with Gasteiger partial charge in [-0.1, -0.05) is 30.3 Å². The fraction of sp³-hybridized carbons (Fsp3) is 0.312. The second-order valence-corrected chi connectivity index (χ2v) is 5.53. The van der Waals surface area contributed by atoms with Crippen LogP contribution in [0.25, 0.3) is 0 Å². The molecule has 0 aliphatic heterocycles. The summed E-state index contributed by atoms with van der Waals surface area (Å²) in [7, 11) is 1.79. The molecule has 0 bridgehead atoms. The zero-order chi connectivity index (χ0) is 14.5. The van der Waals surface area contributed by atoms with E-state index in [-0.39, 0.29) is 11.2 Å². The number of hydrogen-bond donors (Lipinski definition) is 1. The van der Waals surface area contributed by atoms with Crippen molar-refractivity contribution in [2.45, 2.75) is 25.1 Å². The van der Waals surface area contributed by atoms with E-state index in [1.54, 1.807) is 18.2 Å². The molecule has 1 unspecified atom stereocenters. The summed E-state index contributed by atoms with van der Waals surface area (Å²) in [4.78, 5) is 14.0. The van der Waals surface area contributed by atoms with Gasteiger partial charge in [0, 0.05) is 19.2 Å². The fourth-order valence-electron chi connectivity index (χ4n) is 2.09. The predicted octanol–water partition coefficient (Wildman–Crippen LogP) is 3.09. The van der Waals surface area contributed by atoms with Crippen LogP contribution < -0.4 is 0 Å². The Morgan fingerprint density at radius 1 is 1.30 bits per heavy atom. The minimum Gasteiger partial charge on any atom is -0.469 e. The number of carbonyl (C=O) groups is 1. The normalized spacial score (nSPS) is 12.2. The smallest absolute Gasteiger partial charge is 0.235 e. The second-order valence-electron chi connectivity index (χ2n) is 4.90. The summed E-state index contributed by atoms with van der Waals surface area (Å²) in [5, 5.41) is -0.324. The van der Waals surface area contributed by atoms with Crippen molar-refractivity contribution < 1.29 is 9.21 Å². The van der Waals surface area contributed by atoms with Crippen LogP contribution in [0.2, 0.25) is 0 Å². The molecule has 0 aliphatic rings. The van der Waals surface area contributed by atoms with Gasteiger partial charge in [0.1, 0.15) is 5.76 Å². The molecule has 1 atom stereocenters. The highest BCUT2D eigenvalue weighted by Crippen LogP contribution is 2.14. The highest BCUT2D eigenvalue weighted by Gasteiger charge is 2.19. The van der Waals surface area contributed by atoms with Gasteiger partial charge in [0.2, 0.25) is 5.91 Å². The predicted molar refractivity (Wildman–Crippen MR) is 82.8 cm³/mol. The molecule has 1 amide bonds. The average Bonchev–Trinajstić information content (AvgIpc) is 2.84. The standard InChI is InChI=1S/C16H19NO2S/c1-12-14(8-9-19-12)11-17(2)16(18)15(20)10-13-6-4-3-5-7-13/h3-9,15,20H,10-11H2,1-2H3. The number of rotatable bonds is 5. The summed E-state index contributed by atoms with van der Waals surface area (Å²) in [6, 6.07) is 11.8. The van der Waals surface area contributed by atoms with E-state index in [0.29, 0.717) is 13.0 Å². The quantitative estimate of drug-likeness (QED) is 0.858. The Morgan fingerprint density at radius 2 is 2.00 bits per heavy atom. The molecule has 2 aromatic rings. The van der Waals surface area contributed by atoms with Crippen molar-refractivity contribution in [3.63, 3.8) is 0 Å². The van der Waals surface area contributed by atoms with E-state index in [4.69, 9.17) is 4.42 Å².